The predicted molar refractivity (Wildman–Crippen MR) is 404 cm³/mol. The molecule has 10 N–H and O–H groups in total. The summed E-state index contributed by atoms with van der Waals surface area (Å²) in [4.78, 5) is 197. The zero-order valence-corrected chi connectivity index (χ0v) is 64.6. The van der Waals surface area contributed by atoms with E-state index in [-0.39, 0.29) is 160 Å². The normalized spacial score (nSPS) is 18.2. The highest BCUT2D eigenvalue weighted by Gasteiger charge is 2.47. The fraction of sp³-hybridized carbons (Fsp3) is 0.583. The molecule has 0 radical (unpaired) electrons. The number of fused-ring (bicyclic) bond motifs is 1. The van der Waals surface area contributed by atoms with Crippen molar-refractivity contribution in [1.82, 2.24) is 76.1 Å². The van der Waals surface area contributed by atoms with Gasteiger partial charge in [0.2, 0.25) is 53.2 Å². The van der Waals surface area contributed by atoms with Crippen molar-refractivity contribution in [1.29, 1.82) is 5.26 Å². The lowest BCUT2D eigenvalue weighted by Gasteiger charge is -2.34. The number of carboxylic acids is 4. The van der Waals surface area contributed by atoms with Crippen molar-refractivity contribution in [2.45, 2.75) is 106 Å². The number of likely N-dealkylation sites (tertiary alicyclic amines) is 2. The lowest BCUT2D eigenvalue weighted by Crippen LogP contribution is -2.54. The molecule has 3 aromatic rings. The number of hydrogen-bond acceptors (Lipinski definition) is 23. The molecular weight excluding hydrogens is 1590 g/mol. The van der Waals surface area contributed by atoms with Crippen molar-refractivity contribution in [3.8, 4) is 11.8 Å². The van der Waals surface area contributed by atoms with Crippen LogP contribution < -0.4 is 36.6 Å². The van der Waals surface area contributed by atoms with Crippen molar-refractivity contribution < 1.29 is 101 Å². The minimum atomic E-state index is -3.20. The molecule has 4 aliphatic heterocycles. The largest absolute Gasteiger partial charge is 0.494 e. The zero-order valence-electron chi connectivity index (χ0n) is 61.6. The van der Waals surface area contributed by atoms with Crippen molar-refractivity contribution >= 4 is 128 Å². The number of carbonyl (C=O) groups is 14. The van der Waals surface area contributed by atoms with E-state index in [1.807, 2.05) is 24.3 Å². The molecule has 4 fully saturated rings. The second-order valence-electron chi connectivity index (χ2n) is 27.4. The number of alkyl halides is 2. The lowest BCUT2D eigenvalue weighted by atomic mass is 10.1. The second kappa shape index (κ2) is 45.2. The van der Waals surface area contributed by atoms with Crippen molar-refractivity contribution in [2.75, 3.05) is 163 Å². The van der Waals surface area contributed by atoms with Crippen LogP contribution in [-0.4, -0.2) is 340 Å². The number of benzene rings is 2. The fourth-order valence-electron chi connectivity index (χ4n) is 13.0. The van der Waals surface area contributed by atoms with Crippen LogP contribution >= 0.6 is 34.4 Å². The fourth-order valence-corrected chi connectivity index (χ4v) is 14.4. The summed E-state index contributed by atoms with van der Waals surface area (Å²) in [7, 11) is 0. The number of aryl methyl sites for hydroxylation is 1. The van der Waals surface area contributed by atoms with Crippen LogP contribution in [0.4, 0.5) is 8.78 Å². The molecule has 39 heteroatoms. The third kappa shape index (κ3) is 31.0. The molecule has 0 saturated carbocycles. The van der Waals surface area contributed by atoms with Gasteiger partial charge in [0.1, 0.15) is 23.9 Å². The number of amides is 10. The molecule has 35 nitrogen and oxygen atoms in total. The molecule has 5 heterocycles. The van der Waals surface area contributed by atoms with Gasteiger partial charge < -0.3 is 66.9 Å². The van der Waals surface area contributed by atoms with Crippen molar-refractivity contribution in [3.05, 3.63) is 69.4 Å². The number of unbranched alkanes of at least 4 members (excludes halogenated alkanes) is 1. The topological polar surface area (TPSA) is 464 Å². The number of nitrogens with zero attached hydrogens (tertiary/aromatic N) is 10. The van der Waals surface area contributed by atoms with E-state index in [0.717, 1.165) is 30.7 Å². The van der Waals surface area contributed by atoms with Crippen LogP contribution in [0.5, 0.6) is 5.75 Å². The number of ether oxygens (including phenoxy) is 1. The maximum absolute atomic E-state index is 13.9. The maximum atomic E-state index is 13.9. The highest BCUT2D eigenvalue weighted by atomic mass is 127. The molecule has 4 atom stereocenters. The van der Waals surface area contributed by atoms with E-state index < -0.39 is 132 Å². The Morgan fingerprint density at radius 2 is 1.25 bits per heavy atom. The maximum Gasteiger partial charge on any atom is 0.317 e. The van der Waals surface area contributed by atoms with Gasteiger partial charge in [0.25, 0.3) is 11.8 Å². The Balaban J connectivity index is 0.829. The standard InChI is InChI=1S/C72H97F2IN16O19S/c73-72(74)40-50(41-76)91(47-72)63(97)42-81-68(106)52-16-18-77-54-13-12-51(37-53(52)54)110-35-4-21-84-31-33-89(34-32-84)61(95)15-14-58(92)78-17-2-1-6-55(83-70(108)56(38-64(98)99)82-59(93)7-3-5-48-8-10-49(75)11-9-48)69(107)80-20-36-111-57-39-62(96)90(71(57)109)22-19-79-60(94)43-85-23-25-86(44-65(100)101)27-29-88(46-67(104)105)30-28-87(26-24-85)45-66(102)103/h8-13,16,18,37,50,55-57H,1-7,14-15,17,19-36,38-40,42-47H2,(H,78,92)(H,79,94)(H,80,107)(H,81,106)(H,82,93)(H,83,108)(H,98,99)(H,100,101)(H,102,103)(H,104,105)/t50-,55-,56-,57?/m0/s1. The highest BCUT2D eigenvalue weighted by Crippen LogP contribution is 2.32. The van der Waals surface area contributed by atoms with Crippen LogP contribution in [0.1, 0.15) is 86.6 Å². The Morgan fingerprint density at radius 1 is 0.631 bits per heavy atom. The molecule has 1 aromatic heterocycles. The van der Waals surface area contributed by atoms with Crippen LogP contribution in [0.2, 0.25) is 0 Å². The Labute approximate surface area is 657 Å². The quantitative estimate of drug-likeness (QED) is 0.0192. The Morgan fingerprint density at radius 3 is 1.87 bits per heavy atom. The van der Waals surface area contributed by atoms with Gasteiger partial charge in [0.15, 0.2) is 0 Å². The number of carboxylic acid groups (broad SMARTS) is 4. The smallest absolute Gasteiger partial charge is 0.317 e. The van der Waals surface area contributed by atoms with E-state index in [4.69, 9.17) is 4.74 Å². The Hall–Kier alpha value is -9.34. The molecule has 4 aliphatic rings. The molecule has 0 aliphatic carbocycles. The van der Waals surface area contributed by atoms with Gasteiger partial charge in [-0.2, -0.15) is 5.26 Å². The average molecular weight is 1690 g/mol. The van der Waals surface area contributed by atoms with Gasteiger partial charge in [-0.25, -0.2) is 8.78 Å². The summed E-state index contributed by atoms with van der Waals surface area (Å²) in [5, 5.41) is 63.0. The van der Waals surface area contributed by atoms with Gasteiger partial charge in [-0.3, -0.25) is 102 Å². The Bertz CT molecular complexity index is 3790. The highest BCUT2D eigenvalue weighted by molar-refractivity contribution is 14.1. The van der Waals surface area contributed by atoms with E-state index in [1.165, 1.54) is 12.3 Å². The summed E-state index contributed by atoms with van der Waals surface area (Å²) in [6.07, 6.45) is 1.60. The number of aliphatic carboxylic acids is 4. The number of pyridine rings is 1. The number of nitriles is 1. The molecule has 7 rings (SSSR count). The van der Waals surface area contributed by atoms with Crippen LogP contribution in [0, 0.1) is 14.9 Å². The summed E-state index contributed by atoms with van der Waals surface area (Å²) in [5.41, 5.74) is 1.63. The first kappa shape index (κ1) is 88.9. The summed E-state index contributed by atoms with van der Waals surface area (Å²) in [6.45, 7) is 1.56. The number of hydrogen-bond donors (Lipinski definition) is 10. The first-order chi connectivity index (χ1) is 53.0. The number of carbonyl (C=O) groups excluding carboxylic acids is 10. The number of piperazine rings is 1. The van der Waals surface area contributed by atoms with Gasteiger partial charge in [-0.05, 0) is 103 Å². The van der Waals surface area contributed by atoms with Gasteiger partial charge in [-0.1, -0.05) is 12.1 Å². The number of imide groups is 1. The van der Waals surface area contributed by atoms with E-state index >= 15 is 0 Å². The minimum absolute atomic E-state index is 0.00420. The number of thioether (sulfide) groups is 1. The van der Waals surface area contributed by atoms with E-state index in [2.05, 4.69) is 64.4 Å². The molecule has 606 valence electrons. The first-order valence-electron chi connectivity index (χ1n) is 36.8. The number of aromatic nitrogens is 1. The molecule has 10 amide bonds. The third-order valence-electron chi connectivity index (χ3n) is 18.9. The first-order valence-corrected chi connectivity index (χ1v) is 38.9. The van der Waals surface area contributed by atoms with Gasteiger partial charge >= 0.3 is 23.9 Å². The predicted octanol–water partition coefficient (Wildman–Crippen LogP) is -0.656. The zero-order chi connectivity index (χ0) is 80.6. The summed E-state index contributed by atoms with van der Waals surface area (Å²) < 4.78 is 34.9. The molecule has 111 heavy (non-hydrogen) atoms. The van der Waals surface area contributed by atoms with Crippen LogP contribution in [0.15, 0.2) is 54.7 Å². The molecular formula is C72H97F2IN16O19S. The molecule has 2 aromatic carbocycles. The minimum Gasteiger partial charge on any atom is -0.494 e. The second-order valence-corrected chi connectivity index (χ2v) is 29.9. The number of nitrogens with one attached hydrogen (secondary N) is 6. The van der Waals surface area contributed by atoms with Gasteiger partial charge in [0, 0.05) is 164 Å². The van der Waals surface area contributed by atoms with Crippen molar-refractivity contribution in [2.24, 2.45) is 0 Å². The Kier molecular flexibility index (Phi) is 36.2. The van der Waals surface area contributed by atoms with Crippen LogP contribution in [0.3, 0.4) is 0 Å². The summed E-state index contributed by atoms with van der Waals surface area (Å²) in [6, 6.07) is 11.7. The van der Waals surface area contributed by atoms with Crippen LogP contribution in [0.25, 0.3) is 10.9 Å². The van der Waals surface area contributed by atoms with Crippen molar-refractivity contribution in [3.63, 3.8) is 0 Å². The lowest BCUT2D eigenvalue weighted by molar-refractivity contribution is -0.141. The monoisotopic (exact) mass is 1690 g/mol. The summed E-state index contributed by atoms with van der Waals surface area (Å²) in [5.74, 6) is -13.1. The molecule has 0 spiro atoms. The summed E-state index contributed by atoms with van der Waals surface area (Å²) >= 11 is 3.27. The van der Waals surface area contributed by atoms with E-state index in [1.54, 1.807) is 48.8 Å². The molecule has 4 saturated heterocycles. The average Bonchev–Trinajstić information content (AvgIpc) is 1.39. The third-order valence-corrected chi connectivity index (χ3v) is 20.8. The van der Waals surface area contributed by atoms with E-state index in [9.17, 15) is 102 Å². The van der Waals surface area contributed by atoms with Crippen LogP contribution in [-0.2, 0) is 68.7 Å². The number of rotatable bonds is 41. The molecule has 1 unspecified atom stereocenters. The molecule has 0 bridgehead atoms. The SMILES string of the molecule is N#C[C@@H]1CC(F)(F)CN1C(=O)CNC(=O)c1ccnc2ccc(OCCCN3CCN(C(=O)CCC(=O)NCCCC[C@H](NC(=O)[C@H](CC(=O)O)NC(=O)CCCc4ccc(I)cc4)C(=O)NCCSC4CC(=O)N(CCNC(=O)CN5CCN(CC(=O)O)CCN(CC(=O)O)CCN(CC(=O)O)CC5)C4=O)CC3)cc12. The number of halogens is 3. The van der Waals surface area contributed by atoms with E-state index in [0.29, 0.717) is 81.7 Å². The van der Waals surface area contributed by atoms with Gasteiger partial charge in [0.05, 0.1) is 74.7 Å². The van der Waals surface area contributed by atoms with Gasteiger partial charge in [-0.15, -0.1) is 11.8 Å².